The predicted molar refractivity (Wildman–Crippen MR) is 99.8 cm³/mol. The third-order valence-corrected chi connectivity index (χ3v) is 6.60. The topological polar surface area (TPSA) is 49.4 Å². The maximum atomic E-state index is 13.8. The van der Waals surface area contributed by atoms with E-state index < -0.39 is 26.6 Å². The molecular formula is C18H18F2N2O2S2. The van der Waals surface area contributed by atoms with E-state index in [-0.39, 0.29) is 12.6 Å². The molecule has 0 saturated carbocycles. The van der Waals surface area contributed by atoms with Crippen LogP contribution in [-0.4, -0.2) is 34.0 Å². The first-order valence-corrected chi connectivity index (χ1v) is 10.2. The van der Waals surface area contributed by atoms with Gasteiger partial charge in [-0.25, -0.2) is 21.9 Å². The number of nitrogens with zero attached hydrogens (tertiary/aromatic N) is 1. The maximum Gasteiger partial charge on any atom is 0.246 e. The van der Waals surface area contributed by atoms with Crippen molar-refractivity contribution >= 4 is 31.4 Å². The second-order valence-electron chi connectivity index (χ2n) is 6.07. The summed E-state index contributed by atoms with van der Waals surface area (Å²) in [4.78, 5) is 0.919. The maximum absolute atomic E-state index is 13.8. The summed E-state index contributed by atoms with van der Waals surface area (Å²) in [5.74, 6) is -2.22. The van der Waals surface area contributed by atoms with Crippen LogP contribution >= 0.6 is 11.3 Å². The third kappa shape index (κ3) is 3.64. The molecule has 0 aliphatic carbocycles. The van der Waals surface area contributed by atoms with Crippen LogP contribution in [0.5, 0.6) is 0 Å². The minimum atomic E-state index is -4.32. The number of nitrogens with one attached hydrogen (secondary N) is 1. The van der Waals surface area contributed by atoms with E-state index in [9.17, 15) is 17.2 Å². The fourth-order valence-electron chi connectivity index (χ4n) is 2.83. The zero-order chi connectivity index (χ0) is 18.9. The molecule has 0 spiro atoms. The molecule has 1 heterocycles. The van der Waals surface area contributed by atoms with Gasteiger partial charge in [-0.3, -0.25) is 0 Å². The lowest BCUT2D eigenvalue weighted by atomic mass is 10.1. The second-order valence-corrected chi connectivity index (χ2v) is 8.68. The summed E-state index contributed by atoms with van der Waals surface area (Å²) in [5.41, 5.74) is 0.965. The van der Waals surface area contributed by atoms with Crippen molar-refractivity contribution in [1.82, 2.24) is 9.62 Å². The van der Waals surface area contributed by atoms with Crippen molar-refractivity contribution in [3.05, 3.63) is 65.0 Å². The van der Waals surface area contributed by atoms with Gasteiger partial charge in [-0.2, -0.15) is 0 Å². The normalized spacial score (nSPS) is 13.4. The highest BCUT2D eigenvalue weighted by molar-refractivity contribution is 7.89. The van der Waals surface area contributed by atoms with Gasteiger partial charge in [0.1, 0.15) is 11.6 Å². The van der Waals surface area contributed by atoms with Crippen LogP contribution in [-0.2, 0) is 10.0 Å². The Morgan fingerprint density at radius 3 is 2.38 bits per heavy atom. The van der Waals surface area contributed by atoms with E-state index in [1.54, 1.807) is 11.3 Å². The molecule has 0 bridgehead atoms. The Balaban J connectivity index is 1.90. The van der Waals surface area contributed by atoms with Crippen molar-refractivity contribution in [2.45, 2.75) is 10.9 Å². The minimum Gasteiger partial charge on any atom is -0.301 e. The molecule has 1 atom stereocenters. The number of halogens is 2. The molecule has 8 heteroatoms. The van der Waals surface area contributed by atoms with Crippen LogP contribution in [0.25, 0.3) is 10.1 Å². The van der Waals surface area contributed by atoms with Crippen molar-refractivity contribution in [3.63, 3.8) is 0 Å². The summed E-state index contributed by atoms with van der Waals surface area (Å²) in [6, 6.07) is 10.5. The van der Waals surface area contributed by atoms with E-state index >= 15 is 0 Å². The Labute approximate surface area is 155 Å². The second kappa shape index (κ2) is 7.40. The van der Waals surface area contributed by atoms with Crippen molar-refractivity contribution in [3.8, 4) is 0 Å². The monoisotopic (exact) mass is 396 g/mol. The zero-order valence-corrected chi connectivity index (χ0v) is 15.9. The van der Waals surface area contributed by atoms with E-state index in [0.29, 0.717) is 0 Å². The molecule has 2 aromatic carbocycles. The largest absolute Gasteiger partial charge is 0.301 e. The summed E-state index contributed by atoms with van der Waals surface area (Å²) in [6.45, 7) is -0.0101. The summed E-state index contributed by atoms with van der Waals surface area (Å²) < 4.78 is 56.0. The number of sulfonamides is 1. The van der Waals surface area contributed by atoms with Gasteiger partial charge >= 0.3 is 0 Å². The highest BCUT2D eigenvalue weighted by Crippen LogP contribution is 2.32. The molecule has 26 heavy (non-hydrogen) atoms. The number of rotatable bonds is 6. The molecule has 0 amide bonds. The van der Waals surface area contributed by atoms with Gasteiger partial charge in [0.15, 0.2) is 4.90 Å². The predicted octanol–water partition coefficient (Wildman–Crippen LogP) is 3.76. The first kappa shape index (κ1) is 18.9. The first-order valence-electron chi connectivity index (χ1n) is 7.87. The number of hydrogen-bond acceptors (Lipinski definition) is 4. The van der Waals surface area contributed by atoms with E-state index in [1.165, 1.54) is 0 Å². The Morgan fingerprint density at radius 2 is 1.73 bits per heavy atom. The lowest BCUT2D eigenvalue weighted by molar-refractivity contribution is 0.301. The van der Waals surface area contributed by atoms with Gasteiger partial charge in [0.2, 0.25) is 10.0 Å². The molecule has 4 nitrogen and oxygen atoms in total. The van der Waals surface area contributed by atoms with Gasteiger partial charge in [-0.05, 0) is 48.6 Å². The molecule has 0 aliphatic heterocycles. The van der Waals surface area contributed by atoms with Gasteiger partial charge in [-0.1, -0.05) is 24.3 Å². The van der Waals surface area contributed by atoms with E-state index in [2.05, 4.69) is 4.72 Å². The van der Waals surface area contributed by atoms with Crippen LogP contribution < -0.4 is 4.72 Å². The summed E-state index contributed by atoms with van der Waals surface area (Å²) in [5, 5.41) is 3.01. The third-order valence-electron chi connectivity index (χ3n) is 4.15. The Hall–Kier alpha value is -1.87. The van der Waals surface area contributed by atoms with Gasteiger partial charge < -0.3 is 4.90 Å². The highest BCUT2D eigenvalue weighted by atomic mass is 32.2. The Morgan fingerprint density at radius 1 is 1.08 bits per heavy atom. The molecule has 0 radical (unpaired) electrons. The molecule has 3 aromatic rings. The molecule has 1 aromatic heterocycles. The minimum absolute atomic E-state index is 0.0101. The quantitative estimate of drug-likeness (QED) is 0.690. The van der Waals surface area contributed by atoms with Crippen LogP contribution in [0.4, 0.5) is 8.78 Å². The van der Waals surface area contributed by atoms with Crippen molar-refractivity contribution in [1.29, 1.82) is 0 Å². The summed E-state index contributed by atoms with van der Waals surface area (Å²) >= 11 is 1.57. The molecule has 1 unspecified atom stereocenters. The van der Waals surface area contributed by atoms with E-state index in [4.69, 9.17) is 0 Å². The average molecular weight is 396 g/mol. The van der Waals surface area contributed by atoms with Gasteiger partial charge in [0.25, 0.3) is 0 Å². The van der Waals surface area contributed by atoms with Crippen LogP contribution in [0.3, 0.4) is 0 Å². The summed E-state index contributed by atoms with van der Waals surface area (Å²) in [7, 11) is -0.661. The van der Waals surface area contributed by atoms with Crippen molar-refractivity contribution in [2.75, 3.05) is 20.6 Å². The highest BCUT2D eigenvalue weighted by Gasteiger charge is 2.26. The fraction of sp³-hybridized carbons (Fsp3) is 0.222. The molecule has 3 rings (SSSR count). The molecular weight excluding hydrogens is 378 g/mol. The average Bonchev–Trinajstić information content (AvgIpc) is 2.98. The van der Waals surface area contributed by atoms with Gasteiger partial charge in [-0.15, -0.1) is 11.3 Å². The Bertz CT molecular complexity index is 1010. The molecule has 0 aliphatic rings. The van der Waals surface area contributed by atoms with Gasteiger partial charge in [0.05, 0.1) is 0 Å². The van der Waals surface area contributed by atoms with E-state index in [0.717, 1.165) is 33.8 Å². The van der Waals surface area contributed by atoms with E-state index in [1.807, 2.05) is 48.6 Å². The van der Waals surface area contributed by atoms with Crippen LogP contribution in [0, 0.1) is 11.6 Å². The number of thiophene rings is 1. The number of hydrogen-bond donors (Lipinski definition) is 1. The fourth-order valence-corrected chi connectivity index (χ4v) is 5.01. The standard InChI is InChI=1S/C18H18F2N2O2S2/c1-22(2)16(13-11-25-17-9-4-3-6-12(13)17)10-21-26(23,24)18-14(19)7-5-8-15(18)20/h3-9,11,16,21H,10H2,1-2H3. The molecule has 138 valence electrons. The van der Waals surface area contributed by atoms with Crippen molar-refractivity contribution < 1.29 is 17.2 Å². The Kier molecular flexibility index (Phi) is 5.38. The zero-order valence-electron chi connectivity index (χ0n) is 14.2. The van der Waals surface area contributed by atoms with Crippen molar-refractivity contribution in [2.24, 2.45) is 0 Å². The van der Waals surface area contributed by atoms with Crippen LogP contribution in [0.1, 0.15) is 11.6 Å². The van der Waals surface area contributed by atoms with Crippen LogP contribution in [0.2, 0.25) is 0 Å². The van der Waals surface area contributed by atoms with Gasteiger partial charge in [0, 0.05) is 17.3 Å². The number of benzene rings is 2. The lowest BCUT2D eigenvalue weighted by Crippen LogP contribution is -2.35. The van der Waals surface area contributed by atoms with Crippen LogP contribution in [0.15, 0.2) is 52.7 Å². The molecule has 0 fully saturated rings. The first-order chi connectivity index (χ1) is 12.3. The smallest absolute Gasteiger partial charge is 0.246 e. The molecule has 0 saturated heterocycles. The number of likely N-dealkylation sites (N-methyl/N-ethyl adjacent to an activating group) is 1. The SMILES string of the molecule is CN(C)C(CNS(=O)(=O)c1c(F)cccc1F)c1csc2ccccc12. The molecule has 1 N–H and O–H groups in total. The number of fused-ring (bicyclic) bond motifs is 1. The lowest BCUT2D eigenvalue weighted by Gasteiger charge is -2.24. The summed E-state index contributed by atoms with van der Waals surface area (Å²) in [6.07, 6.45) is 0.